The zero-order valence-corrected chi connectivity index (χ0v) is 13.7. The van der Waals surface area contributed by atoms with E-state index in [1.807, 2.05) is 0 Å². The molecule has 0 saturated heterocycles. The molecule has 0 aromatic heterocycles. The number of fused-ring (bicyclic) bond motifs is 2. The van der Waals surface area contributed by atoms with Gasteiger partial charge in [0.05, 0.1) is 0 Å². The average Bonchev–Trinajstić information content (AvgIpc) is 2.86. The Balaban J connectivity index is 1.84. The van der Waals surface area contributed by atoms with Crippen LogP contribution >= 0.6 is 0 Å². The van der Waals surface area contributed by atoms with Crippen molar-refractivity contribution in [3.63, 3.8) is 0 Å². The number of hydrogen-bond acceptors (Lipinski definition) is 1. The van der Waals surface area contributed by atoms with E-state index in [2.05, 4.69) is 27.7 Å². The summed E-state index contributed by atoms with van der Waals surface area (Å²) in [6.45, 7) is 9.90. The van der Waals surface area contributed by atoms with Crippen LogP contribution in [0.5, 0.6) is 0 Å². The first-order valence-corrected chi connectivity index (χ1v) is 8.79. The molecule has 4 rings (SSSR count). The molecule has 0 aliphatic heterocycles. The first-order valence-electron chi connectivity index (χ1n) is 8.79. The van der Waals surface area contributed by atoms with Crippen LogP contribution in [-0.4, -0.2) is 5.78 Å². The maximum absolute atomic E-state index is 12.7. The van der Waals surface area contributed by atoms with Gasteiger partial charge in [-0.25, -0.2) is 0 Å². The summed E-state index contributed by atoms with van der Waals surface area (Å²) in [5.41, 5.74) is 1.42. The van der Waals surface area contributed by atoms with Gasteiger partial charge in [-0.15, -0.1) is 0 Å². The van der Waals surface area contributed by atoms with Gasteiger partial charge in [0.15, 0.2) is 0 Å². The minimum Gasteiger partial charge on any atom is -0.299 e. The van der Waals surface area contributed by atoms with Crippen LogP contribution in [0.25, 0.3) is 0 Å². The molecule has 0 aromatic rings. The smallest absolute Gasteiger partial charge is 0.139 e. The van der Waals surface area contributed by atoms with Crippen molar-refractivity contribution in [1.29, 1.82) is 0 Å². The van der Waals surface area contributed by atoms with E-state index in [4.69, 9.17) is 0 Å². The lowest BCUT2D eigenvalue weighted by Gasteiger charge is -2.48. The van der Waals surface area contributed by atoms with Gasteiger partial charge in [-0.1, -0.05) is 27.7 Å². The van der Waals surface area contributed by atoms with Gasteiger partial charge in [-0.05, 0) is 73.0 Å². The molecule has 0 unspecified atom stereocenters. The summed E-state index contributed by atoms with van der Waals surface area (Å²) in [7, 11) is 0. The van der Waals surface area contributed by atoms with E-state index in [0.717, 1.165) is 24.7 Å². The monoisotopic (exact) mass is 274 g/mol. The molecular formula is C19H30O. The number of carbonyl (C=O) groups excluding carboxylic acids is 1. The summed E-state index contributed by atoms with van der Waals surface area (Å²) in [5.74, 6) is 2.30. The maximum atomic E-state index is 12.7. The number of ketones is 1. The van der Waals surface area contributed by atoms with Crippen LogP contribution in [0.3, 0.4) is 0 Å². The SMILES string of the molecule is CC1(C)CC[C@]2(C)C[C@@]34CCCC(=O)[C@]3(C)CC[C@H]4[C@H]12. The van der Waals surface area contributed by atoms with Crippen molar-refractivity contribution in [3.05, 3.63) is 0 Å². The molecule has 0 bridgehead atoms. The van der Waals surface area contributed by atoms with E-state index in [0.29, 0.717) is 22.0 Å². The molecule has 1 nitrogen and oxygen atoms in total. The van der Waals surface area contributed by atoms with Crippen LogP contribution in [0.1, 0.15) is 79.1 Å². The Morgan fingerprint density at radius 2 is 1.75 bits per heavy atom. The molecule has 0 N–H and O–H groups in total. The predicted octanol–water partition coefficient (Wildman–Crippen LogP) is 4.99. The second-order valence-corrected chi connectivity index (χ2v) is 9.71. The molecule has 0 amide bonds. The Morgan fingerprint density at radius 1 is 1.00 bits per heavy atom. The van der Waals surface area contributed by atoms with Gasteiger partial charge in [-0.3, -0.25) is 4.79 Å². The van der Waals surface area contributed by atoms with Crippen LogP contribution < -0.4 is 0 Å². The predicted molar refractivity (Wildman–Crippen MR) is 81.4 cm³/mol. The maximum Gasteiger partial charge on any atom is 0.139 e. The van der Waals surface area contributed by atoms with Crippen molar-refractivity contribution >= 4 is 5.78 Å². The highest BCUT2D eigenvalue weighted by molar-refractivity contribution is 5.87. The van der Waals surface area contributed by atoms with Crippen molar-refractivity contribution in [2.75, 3.05) is 0 Å². The highest BCUT2D eigenvalue weighted by atomic mass is 16.1. The lowest BCUT2D eigenvalue weighted by molar-refractivity contribution is -0.140. The van der Waals surface area contributed by atoms with Crippen molar-refractivity contribution < 1.29 is 4.79 Å². The summed E-state index contributed by atoms with van der Waals surface area (Å²) in [6.07, 6.45) is 10.00. The van der Waals surface area contributed by atoms with E-state index in [9.17, 15) is 4.79 Å². The second kappa shape index (κ2) is 3.52. The molecule has 4 fully saturated rings. The summed E-state index contributed by atoms with van der Waals surface area (Å²) in [4.78, 5) is 12.7. The van der Waals surface area contributed by atoms with Crippen LogP contribution in [-0.2, 0) is 4.79 Å². The third kappa shape index (κ3) is 1.25. The van der Waals surface area contributed by atoms with Crippen LogP contribution in [0.2, 0.25) is 0 Å². The summed E-state index contributed by atoms with van der Waals surface area (Å²) in [6, 6.07) is 0. The van der Waals surface area contributed by atoms with E-state index in [1.165, 1.54) is 38.5 Å². The standard InChI is InChI=1S/C19H30O/c1-16(2)10-11-17(3)12-19-8-5-6-14(20)18(19,4)9-7-13(19)15(16)17/h13,15H,5-12H2,1-4H3/t13-,15+,17+,18-,19+/m0/s1. The first kappa shape index (κ1) is 13.3. The van der Waals surface area contributed by atoms with Gasteiger partial charge in [0, 0.05) is 11.8 Å². The van der Waals surface area contributed by atoms with Crippen molar-refractivity contribution in [1.82, 2.24) is 0 Å². The third-order valence-electron chi connectivity index (χ3n) is 8.46. The Labute approximate surface area is 123 Å². The Morgan fingerprint density at radius 3 is 2.50 bits per heavy atom. The number of rotatable bonds is 0. The van der Waals surface area contributed by atoms with E-state index in [-0.39, 0.29) is 5.41 Å². The summed E-state index contributed by atoms with van der Waals surface area (Å²) in [5, 5.41) is 0. The molecule has 4 saturated carbocycles. The molecule has 20 heavy (non-hydrogen) atoms. The fourth-order valence-corrected chi connectivity index (χ4v) is 7.81. The van der Waals surface area contributed by atoms with Crippen molar-refractivity contribution in [2.24, 2.45) is 33.5 Å². The normalized spacial score (nSPS) is 56.5. The fraction of sp³-hybridized carbons (Fsp3) is 0.947. The van der Waals surface area contributed by atoms with Gasteiger partial charge in [0.1, 0.15) is 5.78 Å². The number of Topliss-reactive ketones (excluding diaryl/α,β-unsaturated/α-hetero) is 1. The van der Waals surface area contributed by atoms with Crippen molar-refractivity contribution in [2.45, 2.75) is 79.1 Å². The lowest BCUT2D eigenvalue weighted by atomic mass is 9.54. The van der Waals surface area contributed by atoms with Crippen LogP contribution in [0.15, 0.2) is 0 Å². The van der Waals surface area contributed by atoms with Crippen LogP contribution in [0, 0.1) is 33.5 Å². The molecule has 1 spiro atoms. The molecular weight excluding hydrogens is 244 g/mol. The number of hydrogen-bond donors (Lipinski definition) is 0. The topological polar surface area (TPSA) is 17.1 Å². The van der Waals surface area contributed by atoms with E-state index >= 15 is 0 Å². The largest absolute Gasteiger partial charge is 0.299 e. The molecule has 112 valence electrons. The molecule has 1 heteroatoms. The highest BCUT2D eigenvalue weighted by Crippen LogP contribution is 2.79. The van der Waals surface area contributed by atoms with Crippen molar-refractivity contribution in [3.8, 4) is 0 Å². The Hall–Kier alpha value is -0.330. The summed E-state index contributed by atoms with van der Waals surface area (Å²) < 4.78 is 0. The second-order valence-electron chi connectivity index (χ2n) is 9.71. The first-order chi connectivity index (χ1) is 9.25. The molecule has 0 aromatic carbocycles. The Kier molecular flexibility index (Phi) is 2.35. The highest BCUT2D eigenvalue weighted by Gasteiger charge is 2.73. The molecule has 5 atom stereocenters. The van der Waals surface area contributed by atoms with Crippen LogP contribution in [0.4, 0.5) is 0 Å². The minimum absolute atomic E-state index is 0.0271. The van der Waals surface area contributed by atoms with Gasteiger partial charge < -0.3 is 0 Å². The average molecular weight is 274 g/mol. The fourth-order valence-electron chi connectivity index (χ4n) is 7.81. The molecule has 4 aliphatic carbocycles. The summed E-state index contributed by atoms with van der Waals surface area (Å²) >= 11 is 0. The quantitative estimate of drug-likeness (QED) is 0.608. The zero-order valence-electron chi connectivity index (χ0n) is 13.7. The van der Waals surface area contributed by atoms with Gasteiger partial charge in [0.25, 0.3) is 0 Å². The van der Waals surface area contributed by atoms with Gasteiger partial charge >= 0.3 is 0 Å². The molecule has 0 heterocycles. The van der Waals surface area contributed by atoms with E-state index < -0.39 is 0 Å². The van der Waals surface area contributed by atoms with Gasteiger partial charge in [-0.2, -0.15) is 0 Å². The Bertz CT molecular complexity index is 478. The molecule has 4 aliphatic rings. The van der Waals surface area contributed by atoms with Gasteiger partial charge in [0.2, 0.25) is 0 Å². The zero-order chi connectivity index (χ0) is 14.4. The van der Waals surface area contributed by atoms with E-state index in [1.54, 1.807) is 0 Å². The number of carbonyl (C=O) groups is 1. The minimum atomic E-state index is 0.0271. The lowest BCUT2D eigenvalue weighted by Crippen LogP contribution is -2.47. The third-order valence-corrected chi connectivity index (χ3v) is 8.46. The molecule has 0 radical (unpaired) electrons.